The Morgan fingerprint density at radius 1 is 0.266 bits per heavy atom. The lowest BCUT2D eigenvalue weighted by atomic mass is 10.1. The number of ether oxygens (including phenoxy) is 15. The van der Waals surface area contributed by atoms with Gasteiger partial charge in [0.05, 0.1) is 49.7 Å². The van der Waals surface area contributed by atoms with Crippen molar-refractivity contribution in [2.24, 2.45) is 0 Å². The molecule has 0 fully saturated rings. The second kappa shape index (κ2) is 51.8. The fourth-order valence-corrected chi connectivity index (χ4v) is 11.8. The summed E-state index contributed by atoms with van der Waals surface area (Å²) in [5.41, 5.74) is 2.89. The number of rotatable bonds is 38. The van der Waals surface area contributed by atoms with Crippen LogP contribution >= 0.6 is 0 Å². The molecule has 0 aliphatic carbocycles. The maximum absolute atomic E-state index is 14.4. The molecule has 139 heavy (non-hydrogen) atoms. The molecular weight excluding hydrogens is 1800 g/mol. The first kappa shape index (κ1) is 105. The average Bonchev–Trinajstić information content (AvgIpc) is 0.833. The van der Waals surface area contributed by atoms with Crippen LogP contribution in [0.2, 0.25) is 0 Å². The molecule has 0 bridgehead atoms. The maximum Gasteiger partial charge on any atom is 0.343 e. The van der Waals surface area contributed by atoms with Gasteiger partial charge < -0.3 is 71.1 Å². The highest BCUT2D eigenvalue weighted by atomic mass is 19.1. The van der Waals surface area contributed by atoms with Gasteiger partial charge in [0.25, 0.3) is 0 Å². The third-order valence-corrected chi connectivity index (χ3v) is 18.9. The molecule has 12 aromatic rings. The zero-order valence-corrected chi connectivity index (χ0v) is 75.9. The van der Waals surface area contributed by atoms with Crippen LogP contribution in [0.4, 0.5) is 8.78 Å². The average molecular weight is 1890 g/mol. The second-order valence-corrected chi connectivity index (χ2v) is 29.8. The molecule has 0 atom stereocenters. The molecule has 0 N–H and O–H groups in total. The van der Waals surface area contributed by atoms with Crippen LogP contribution in [0.1, 0.15) is 89.2 Å². The molecule has 0 saturated carbocycles. The molecule has 0 aliphatic rings. The van der Waals surface area contributed by atoms with Crippen molar-refractivity contribution in [1.29, 1.82) is 0 Å². The molecule has 0 unspecified atom stereocenters. The van der Waals surface area contributed by atoms with Gasteiger partial charge in [0, 0.05) is 90.5 Å². The normalized spacial score (nSPS) is 10.3. The molecule has 0 radical (unpaired) electrons. The van der Waals surface area contributed by atoms with Crippen LogP contribution in [0, 0.1) is 11.6 Å². The first-order valence-corrected chi connectivity index (χ1v) is 42.2. The fraction of sp³-hybridized carbons (Fsp3) is 0.128. The molecule has 12 rings (SSSR count). The monoisotopic (exact) mass is 1890 g/mol. The lowest BCUT2D eigenvalue weighted by Gasteiger charge is -2.11. The number of aryl methyl sites for hydroxylation is 1. The Bertz CT molecular complexity index is 6820. The zero-order chi connectivity index (χ0) is 101. The SMILES string of the molecule is C=CC(=O)OCCCOc1ccc2cc(C(=O)Oc3ccc(OC(=O)C(=C)C)c(F)c3)ccc2c1.C=CC(=O)OCCCOc1ccc2cc(C(=O)Oc3ccc(OC(=O)C(=C)C)cc3)ccc2c1.C=CC(=O)Oc1ccc(CCC(=O)Oc2ccc3cc(OC(=O)C(=C)C)ccc3c2)cc1OC(=O)C=C.C=CC(=O)Oc1ccc2cc(C(=O)Oc3ccc(CCOC(=O)C(=C)C)c(F)c3)ccc2c1. The first-order valence-electron chi connectivity index (χ1n) is 42.2. The standard InChI is InChI=1S/C29H24O8.C27H23FO7.C27H24O7.C26H21FO6/c1-5-26(30)36-24-13-7-19(15-25(24)37-27(31)6-2)8-14-28(32)34-22-11-9-21-17-23(12-10-20(21)16-22)35-29(33)18(3)4;1-4-25(29)33-13-5-12-32-21-9-8-18-14-20(7-6-19(18)15-21)27(31)34-22-10-11-24(23(28)16-22)35-26(30)17(2)3;1-4-25(28)32-15-5-14-31-24-9-8-19-16-21(7-6-20(19)17-24)27(30)34-23-12-10-22(11-13-23)33-26(29)18(2)3;1-4-24(28)32-21-10-8-18-13-20(6-5-19(18)14-21)26(30)33-22-9-7-17(23(27)15-22)11-12-31-25(29)16(2)3/h5-7,9-13,15-17H,1-3,8,14H2,4H3;4,6-11,14-16H,1-2,5,12-13H2,3H3;4,6-13,16-17H,1-2,5,14-15H2,3H3;4-10,13-15H,1-2,11-12H2,3H3. The summed E-state index contributed by atoms with van der Waals surface area (Å²) in [6.45, 7) is 38.0. The number of carbonyl (C=O) groups excluding carboxylic acids is 13. The molecule has 30 heteroatoms. The van der Waals surface area contributed by atoms with Gasteiger partial charge in [-0.25, -0.2) is 66.3 Å². The molecule has 0 amide bonds. The van der Waals surface area contributed by atoms with Crippen molar-refractivity contribution in [2.75, 3.05) is 33.0 Å². The van der Waals surface area contributed by atoms with E-state index >= 15 is 0 Å². The van der Waals surface area contributed by atoms with Crippen molar-refractivity contribution in [3.05, 3.63) is 376 Å². The number of carbonyl (C=O) groups is 13. The second-order valence-electron chi connectivity index (χ2n) is 29.8. The van der Waals surface area contributed by atoms with Crippen molar-refractivity contribution in [2.45, 2.75) is 59.8 Å². The van der Waals surface area contributed by atoms with E-state index in [-0.39, 0.29) is 95.7 Å². The molecular formula is C109H92F2O28. The fourth-order valence-electron chi connectivity index (χ4n) is 11.8. The minimum absolute atomic E-state index is 0.00728. The summed E-state index contributed by atoms with van der Waals surface area (Å²) in [6.07, 6.45) is 6.81. The number of esters is 13. The highest BCUT2D eigenvalue weighted by molar-refractivity contribution is 6.00. The minimum Gasteiger partial charge on any atom is -0.493 e. The van der Waals surface area contributed by atoms with Crippen molar-refractivity contribution in [3.8, 4) is 69.0 Å². The van der Waals surface area contributed by atoms with Crippen LogP contribution in [0.3, 0.4) is 0 Å². The summed E-state index contributed by atoms with van der Waals surface area (Å²) in [5.74, 6) is -6.22. The van der Waals surface area contributed by atoms with Crippen molar-refractivity contribution < 1.29 is 142 Å². The van der Waals surface area contributed by atoms with Gasteiger partial charge in [-0.05, 0) is 240 Å². The smallest absolute Gasteiger partial charge is 0.343 e. The Morgan fingerprint density at radius 3 is 1.03 bits per heavy atom. The van der Waals surface area contributed by atoms with Gasteiger partial charge in [0.2, 0.25) is 0 Å². The largest absolute Gasteiger partial charge is 0.493 e. The van der Waals surface area contributed by atoms with Gasteiger partial charge in [-0.2, -0.15) is 0 Å². The van der Waals surface area contributed by atoms with E-state index in [1.54, 1.807) is 153 Å². The zero-order valence-electron chi connectivity index (χ0n) is 75.9. The van der Waals surface area contributed by atoms with Gasteiger partial charge in [-0.15, -0.1) is 0 Å². The highest BCUT2D eigenvalue weighted by Crippen LogP contribution is 2.34. The van der Waals surface area contributed by atoms with E-state index in [1.807, 2.05) is 24.3 Å². The predicted octanol–water partition coefficient (Wildman–Crippen LogP) is 20.2. The van der Waals surface area contributed by atoms with Gasteiger partial charge in [0.1, 0.15) is 57.6 Å². The number of benzene rings is 12. The topological polar surface area (TPSA) is 360 Å². The first-order chi connectivity index (χ1) is 66.5. The minimum atomic E-state index is -0.852. The predicted molar refractivity (Wildman–Crippen MR) is 511 cm³/mol. The molecule has 710 valence electrons. The van der Waals surface area contributed by atoms with E-state index in [1.165, 1.54) is 62.4 Å². The van der Waals surface area contributed by atoms with Gasteiger partial charge >= 0.3 is 77.6 Å². The Balaban J connectivity index is 0.000000207. The van der Waals surface area contributed by atoms with E-state index in [2.05, 4.69) is 59.2 Å². The molecule has 0 heterocycles. The van der Waals surface area contributed by atoms with Gasteiger partial charge in [-0.3, -0.25) is 4.79 Å². The van der Waals surface area contributed by atoms with Crippen LogP contribution in [-0.4, -0.2) is 111 Å². The lowest BCUT2D eigenvalue weighted by molar-refractivity contribution is -0.139. The van der Waals surface area contributed by atoms with E-state index in [4.69, 9.17) is 71.1 Å². The van der Waals surface area contributed by atoms with E-state index in [0.717, 1.165) is 85.6 Å². The third kappa shape index (κ3) is 33.3. The molecule has 0 spiro atoms. The van der Waals surface area contributed by atoms with Crippen molar-refractivity contribution in [1.82, 2.24) is 0 Å². The molecule has 0 aromatic heterocycles. The number of halogens is 2. The summed E-state index contributed by atoms with van der Waals surface area (Å²) in [4.78, 5) is 153. The Morgan fingerprint density at radius 2 is 0.597 bits per heavy atom. The number of fused-ring (bicyclic) bond motifs is 4. The number of hydrogen-bond donors (Lipinski definition) is 0. The van der Waals surface area contributed by atoms with Crippen molar-refractivity contribution >= 4 is 121 Å². The summed E-state index contributed by atoms with van der Waals surface area (Å²) in [6, 6.07) is 59.4. The maximum atomic E-state index is 14.4. The lowest BCUT2D eigenvalue weighted by Crippen LogP contribution is -2.11. The van der Waals surface area contributed by atoms with Gasteiger partial charge in [-0.1, -0.05) is 120 Å². The molecule has 28 nitrogen and oxygen atoms in total. The molecule has 0 aliphatic heterocycles. The summed E-state index contributed by atoms with van der Waals surface area (Å²) in [5, 5.41) is 6.44. The van der Waals surface area contributed by atoms with Crippen LogP contribution in [-0.2, 0) is 75.0 Å². The summed E-state index contributed by atoms with van der Waals surface area (Å²) in [7, 11) is 0. The highest BCUT2D eigenvalue weighted by Gasteiger charge is 2.21. The summed E-state index contributed by atoms with van der Waals surface area (Å²) >= 11 is 0. The van der Waals surface area contributed by atoms with E-state index < -0.39 is 89.2 Å². The van der Waals surface area contributed by atoms with Gasteiger partial charge in [0.15, 0.2) is 23.1 Å². The van der Waals surface area contributed by atoms with Crippen molar-refractivity contribution in [3.63, 3.8) is 0 Å². The van der Waals surface area contributed by atoms with E-state index in [9.17, 15) is 71.1 Å². The molecule has 0 saturated heterocycles. The quantitative estimate of drug-likeness (QED) is 0.0114. The number of hydrogen-bond acceptors (Lipinski definition) is 28. The van der Waals surface area contributed by atoms with Crippen LogP contribution in [0.25, 0.3) is 43.1 Å². The molecule has 12 aromatic carbocycles. The summed E-state index contributed by atoms with van der Waals surface area (Å²) < 4.78 is 107. The van der Waals surface area contributed by atoms with Crippen LogP contribution in [0.15, 0.2) is 336 Å². The Kier molecular flexibility index (Phi) is 39.0. The third-order valence-electron chi connectivity index (χ3n) is 18.9. The Labute approximate surface area is 796 Å². The van der Waals surface area contributed by atoms with Crippen LogP contribution < -0.4 is 56.8 Å². The van der Waals surface area contributed by atoms with E-state index in [0.29, 0.717) is 88.6 Å². The Hall–Kier alpha value is -18.1. The van der Waals surface area contributed by atoms with Crippen LogP contribution in [0.5, 0.6) is 69.0 Å².